The highest BCUT2D eigenvalue weighted by Gasteiger charge is 2.28. The first-order valence-electron chi connectivity index (χ1n) is 13.7. The summed E-state index contributed by atoms with van der Waals surface area (Å²) in [5.41, 5.74) is 2.43. The fraction of sp³-hybridized carbons (Fsp3) is 0.219. The average molecular weight is 589 g/mol. The molecular formula is C32H33FN4O4S. The summed E-state index contributed by atoms with van der Waals surface area (Å²) in [4.78, 5) is 17.1. The van der Waals surface area contributed by atoms with Crippen LogP contribution in [0.1, 0.15) is 28.9 Å². The first kappa shape index (κ1) is 29.1. The molecule has 1 atom stereocenters. The Morgan fingerprint density at radius 2 is 1.45 bits per heavy atom. The highest BCUT2D eigenvalue weighted by atomic mass is 32.2. The molecule has 8 nitrogen and oxygen atoms in total. The van der Waals surface area contributed by atoms with Crippen molar-refractivity contribution in [2.24, 2.45) is 0 Å². The second-order valence-electron chi connectivity index (χ2n) is 10.0. The molecule has 1 fully saturated rings. The quantitative estimate of drug-likeness (QED) is 0.270. The van der Waals surface area contributed by atoms with E-state index < -0.39 is 27.8 Å². The normalized spacial score (nSPS) is 14.4. The Bertz CT molecular complexity index is 1660. The number of piperazine rings is 1. The lowest BCUT2D eigenvalue weighted by molar-refractivity contribution is 0.102. The second kappa shape index (κ2) is 12.6. The van der Waals surface area contributed by atoms with Gasteiger partial charge in [-0.05, 0) is 55.0 Å². The number of methoxy groups -OCH3 is 1. The molecule has 0 radical (unpaired) electrons. The van der Waals surface area contributed by atoms with Crippen molar-refractivity contribution < 1.29 is 22.3 Å². The number of carbonyl (C=O) groups excluding carboxylic acids is 1. The van der Waals surface area contributed by atoms with Gasteiger partial charge >= 0.3 is 0 Å². The van der Waals surface area contributed by atoms with E-state index in [4.69, 9.17) is 4.74 Å². The van der Waals surface area contributed by atoms with Gasteiger partial charge in [-0.3, -0.25) is 4.79 Å². The van der Waals surface area contributed by atoms with Gasteiger partial charge in [0.15, 0.2) is 0 Å². The van der Waals surface area contributed by atoms with Crippen molar-refractivity contribution in [1.82, 2.24) is 4.72 Å². The Morgan fingerprint density at radius 3 is 2.14 bits per heavy atom. The molecule has 5 rings (SSSR count). The van der Waals surface area contributed by atoms with Crippen molar-refractivity contribution in [3.05, 3.63) is 114 Å². The molecule has 42 heavy (non-hydrogen) atoms. The van der Waals surface area contributed by atoms with Crippen LogP contribution in [0.3, 0.4) is 0 Å². The number of hydrogen-bond acceptors (Lipinski definition) is 6. The minimum absolute atomic E-state index is 0.0300. The van der Waals surface area contributed by atoms with E-state index >= 15 is 0 Å². The van der Waals surface area contributed by atoms with Crippen LogP contribution in [0.4, 0.5) is 21.5 Å². The summed E-state index contributed by atoms with van der Waals surface area (Å²) in [5, 5.41) is 2.66. The standard InChI is InChI=1S/C32H33FN4O4S/c1-23(24-10-4-3-5-11-24)35-42(39,40)31-22-25(34-32(38)26-12-6-7-13-27(26)33)16-17-29(31)37-20-18-36(19-21-37)28-14-8-9-15-30(28)41-2/h3-17,22-23,35H,18-21H2,1-2H3,(H,34,38)/t23-/m0/s1. The first-order chi connectivity index (χ1) is 20.3. The molecule has 0 spiro atoms. The SMILES string of the molecule is COc1ccccc1N1CCN(c2ccc(NC(=O)c3ccccc3F)cc2S(=O)(=O)N[C@@H](C)c2ccccc2)CC1. The van der Waals surface area contributed by atoms with Crippen molar-refractivity contribution in [3.63, 3.8) is 0 Å². The number of hydrogen-bond donors (Lipinski definition) is 2. The van der Waals surface area contributed by atoms with Gasteiger partial charge in [-0.1, -0.05) is 54.6 Å². The Morgan fingerprint density at radius 1 is 0.833 bits per heavy atom. The zero-order valence-electron chi connectivity index (χ0n) is 23.5. The van der Waals surface area contributed by atoms with Crippen LogP contribution in [-0.2, 0) is 10.0 Å². The van der Waals surface area contributed by atoms with Crippen LogP contribution >= 0.6 is 0 Å². The summed E-state index contributed by atoms with van der Waals surface area (Å²) in [6, 6.07) is 27.0. The van der Waals surface area contributed by atoms with E-state index in [0.29, 0.717) is 31.9 Å². The number of ether oxygens (including phenoxy) is 1. The molecular weight excluding hydrogens is 555 g/mol. The van der Waals surface area contributed by atoms with Gasteiger partial charge in [0.2, 0.25) is 10.0 Å². The van der Waals surface area contributed by atoms with Gasteiger partial charge in [0.1, 0.15) is 16.5 Å². The lowest BCUT2D eigenvalue weighted by Gasteiger charge is -2.38. The van der Waals surface area contributed by atoms with Crippen molar-refractivity contribution >= 4 is 33.0 Å². The van der Waals surface area contributed by atoms with E-state index in [2.05, 4.69) is 14.9 Å². The molecule has 0 bridgehead atoms. The van der Waals surface area contributed by atoms with Crippen LogP contribution in [0.15, 0.2) is 102 Å². The molecule has 1 heterocycles. The molecule has 218 valence electrons. The number of halogens is 1. The summed E-state index contributed by atoms with van der Waals surface area (Å²) in [5.74, 6) is -0.547. The number of para-hydroxylation sites is 2. The van der Waals surface area contributed by atoms with E-state index in [-0.39, 0.29) is 16.1 Å². The zero-order chi connectivity index (χ0) is 29.7. The lowest BCUT2D eigenvalue weighted by Crippen LogP contribution is -2.47. The smallest absolute Gasteiger partial charge is 0.258 e. The summed E-state index contributed by atoms with van der Waals surface area (Å²) < 4.78 is 50.3. The van der Waals surface area contributed by atoms with Gasteiger partial charge in [-0.25, -0.2) is 17.5 Å². The third-order valence-electron chi connectivity index (χ3n) is 7.30. The third kappa shape index (κ3) is 6.40. The number of carbonyl (C=O) groups is 1. The lowest BCUT2D eigenvalue weighted by atomic mass is 10.1. The molecule has 0 saturated carbocycles. The molecule has 0 aliphatic carbocycles. The van der Waals surface area contributed by atoms with Crippen LogP contribution in [0.25, 0.3) is 0 Å². The third-order valence-corrected chi connectivity index (χ3v) is 8.87. The molecule has 4 aromatic carbocycles. The molecule has 1 saturated heterocycles. The summed E-state index contributed by atoms with van der Waals surface area (Å²) in [7, 11) is -2.40. The number of anilines is 3. The van der Waals surface area contributed by atoms with Crippen molar-refractivity contribution in [1.29, 1.82) is 0 Å². The number of rotatable bonds is 9. The maximum Gasteiger partial charge on any atom is 0.258 e. The minimum Gasteiger partial charge on any atom is -0.495 e. The number of sulfonamides is 1. The molecule has 0 unspecified atom stereocenters. The maximum absolute atomic E-state index is 14.2. The molecule has 0 aromatic heterocycles. The fourth-order valence-electron chi connectivity index (χ4n) is 5.10. The average Bonchev–Trinajstić information content (AvgIpc) is 3.01. The molecule has 4 aromatic rings. The molecule has 2 N–H and O–H groups in total. The monoisotopic (exact) mass is 588 g/mol. The summed E-state index contributed by atoms with van der Waals surface area (Å²) in [6.45, 7) is 4.22. The Balaban J connectivity index is 1.44. The second-order valence-corrected chi connectivity index (χ2v) is 11.7. The van der Waals surface area contributed by atoms with Crippen LogP contribution in [0.2, 0.25) is 0 Å². The van der Waals surface area contributed by atoms with Crippen LogP contribution in [0, 0.1) is 5.82 Å². The largest absolute Gasteiger partial charge is 0.495 e. The molecule has 1 aliphatic heterocycles. The zero-order valence-corrected chi connectivity index (χ0v) is 24.3. The van der Waals surface area contributed by atoms with Gasteiger partial charge in [0.05, 0.1) is 24.0 Å². The van der Waals surface area contributed by atoms with Crippen molar-refractivity contribution in [3.8, 4) is 5.75 Å². The summed E-state index contributed by atoms with van der Waals surface area (Å²) >= 11 is 0. The first-order valence-corrected chi connectivity index (χ1v) is 15.2. The Kier molecular flexibility index (Phi) is 8.75. The van der Waals surface area contributed by atoms with Crippen molar-refractivity contribution in [2.75, 3.05) is 48.4 Å². The maximum atomic E-state index is 14.2. The van der Waals surface area contributed by atoms with Gasteiger partial charge in [-0.2, -0.15) is 0 Å². The summed E-state index contributed by atoms with van der Waals surface area (Å²) in [6.07, 6.45) is 0. The van der Waals surface area contributed by atoms with E-state index in [1.54, 1.807) is 32.2 Å². The van der Waals surface area contributed by atoms with Crippen molar-refractivity contribution in [2.45, 2.75) is 17.9 Å². The number of amides is 1. The topological polar surface area (TPSA) is 91.0 Å². The van der Waals surface area contributed by atoms with Gasteiger partial charge < -0.3 is 19.9 Å². The van der Waals surface area contributed by atoms with Crippen LogP contribution in [0.5, 0.6) is 5.75 Å². The minimum atomic E-state index is -4.05. The Labute approximate surface area is 245 Å². The number of nitrogens with zero attached hydrogens (tertiary/aromatic N) is 2. The van der Waals surface area contributed by atoms with E-state index in [9.17, 15) is 17.6 Å². The van der Waals surface area contributed by atoms with E-state index in [1.807, 2.05) is 59.5 Å². The predicted octanol–water partition coefficient (Wildman–Crippen LogP) is 5.45. The fourth-order valence-corrected chi connectivity index (χ4v) is 6.58. The van der Waals surface area contributed by atoms with E-state index in [0.717, 1.165) is 17.0 Å². The molecule has 1 aliphatic rings. The highest BCUT2D eigenvalue weighted by Crippen LogP contribution is 2.33. The number of nitrogens with one attached hydrogen (secondary N) is 2. The van der Waals surface area contributed by atoms with Crippen LogP contribution < -0.4 is 24.6 Å². The highest BCUT2D eigenvalue weighted by molar-refractivity contribution is 7.89. The van der Waals surface area contributed by atoms with Gasteiger partial charge in [0.25, 0.3) is 5.91 Å². The predicted molar refractivity (Wildman–Crippen MR) is 163 cm³/mol. The Hall–Kier alpha value is -4.41. The number of benzene rings is 4. The van der Waals surface area contributed by atoms with E-state index in [1.165, 1.54) is 24.3 Å². The van der Waals surface area contributed by atoms with Gasteiger partial charge in [0, 0.05) is 37.9 Å². The molecule has 10 heteroatoms. The van der Waals surface area contributed by atoms with Gasteiger partial charge in [-0.15, -0.1) is 0 Å². The molecule has 1 amide bonds. The van der Waals surface area contributed by atoms with Crippen LogP contribution in [-0.4, -0.2) is 47.6 Å².